The van der Waals surface area contributed by atoms with Gasteiger partial charge in [-0.25, -0.2) is 9.50 Å². The molecule has 1 saturated heterocycles. The molecule has 0 atom stereocenters. The van der Waals surface area contributed by atoms with E-state index in [0.29, 0.717) is 21.4 Å². The van der Waals surface area contributed by atoms with Crippen molar-refractivity contribution >= 4 is 34.8 Å². The third-order valence-electron chi connectivity index (χ3n) is 4.13. The van der Waals surface area contributed by atoms with Crippen LogP contribution in [0.4, 0.5) is 0 Å². The normalized spacial score (nSPS) is 14.5. The monoisotopic (exact) mass is 360 g/mol. The molecule has 0 saturated carbocycles. The van der Waals surface area contributed by atoms with E-state index in [1.807, 2.05) is 23.1 Å². The Bertz CT molecular complexity index is 911. The molecule has 3 aromatic rings. The lowest BCUT2D eigenvalue weighted by molar-refractivity contribution is 0.0786. The Morgan fingerprint density at radius 3 is 2.46 bits per heavy atom. The SMILES string of the molecule is O=C(c1cc2nccc(-c3cc(Cl)cc(Cl)c3)n2n1)N1CCCC1. The van der Waals surface area contributed by atoms with E-state index in [9.17, 15) is 4.79 Å². The number of likely N-dealkylation sites (tertiary alicyclic amines) is 1. The highest BCUT2D eigenvalue weighted by Crippen LogP contribution is 2.27. The van der Waals surface area contributed by atoms with Crippen LogP contribution in [-0.2, 0) is 0 Å². The molecule has 1 aliphatic rings. The molecule has 122 valence electrons. The summed E-state index contributed by atoms with van der Waals surface area (Å²) in [6, 6.07) is 8.84. The van der Waals surface area contributed by atoms with E-state index in [2.05, 4.69) is 10.1 Å². The third kappa shape index (κ3) is 2.74. The van der Waals surface area contributed by atoms with Crippen LogP contribution in [-0.4, -0.2) is 38.5 Å². The second-order valence-corrected chi connectivity index (χ2v) is 6.66. The number of hydrogen-bond donors (Lipinski definition) is 0. The van der Waals surface area contributed by atoms with E-state index < -0.39 is 0 Å². The molecule has 1 aliphatic heterocycles. The Hall–Kier alpha value is -2.11. The quantitative estimate of drug-likeness (QED) is 0.695. The lowest BCUT2D eigenvalue weighted by Crippen LogP contribution is -2.27. The van der Waals surface area contributed by atoms with Crippen LogP contribution in [0.5, 0.6) is 0 Å². The zero-order chi connectivity index (χ0) is 16.7. The topological polar surface area (TPSA) is 50.5 Å². The van der Waals surface area contributed by atoms with Crippen LogP contribution in [0.3, 0.4) is 0 Å². The maximum Gasteiger partial charge on any atom is 0.274 e. The van der Waals surface area contributed by atoms with Crippen molar-refractivity contribution in [3.63, 3.8) is 0 Å². The summed E-state index contributed by atoms with van der Waals surface area (Å²) in [6.45, 7) is 1.58. The summed E-state index contributed by atoms with van der Waals surface area (Å²) < 4.78 is 1.66. The summed E-state index contributed by atoms with van der Waals surface area (Å²) in [5.41, 5.74) is 2.63. The molecule has 2 aromatic heterocycles. The Kier molecular flexibility index (Phi) is 3.90. The number of nitrogens with zero attached hydrogens (tertiary/aromatic N) is 4. The van der Waals surface area contributed by atoms with Crippen molar-refractivity contribution in [2.75, 3.05) is 13.1 Å². The predicted molar refractivity (Wildman–Crippen MR) is 93.6 cm³/mol. The fraction of sp³-hybridized carbons (Fsp3) is 0.235. The van der Waals surface area contributed by atoms with Crippen molar-refractivity contribution in [1.82, 2.24) is 19.5 Å². The number of fused-ring (bicyclic) bond motifs is 1. The average molecular weight is 361 g/mol. The van der Waals surface area contributed by atoms with Gasteiger partial charge in [0.25, 0.3) is 5.91 Å². The fourth-order valence-corrected chi connectivity index (χ4v) is 3.53. The first-order chi connectivity index (χ1) is 11.6. The van der Waals surface area contributed by atoms with Gasteiger partial charge in [0.05, 0.1) is 5.69 Å². The minimum Gasteiger partial charge on any atom is -0.337 e. The second kappa shape index (κ2) is 6.07. The molecule has 0 unspecified atom stereocenters. The van der Waals surface area contributed by atoms with Crippen molar-refractivity contribution in [1.29, 1.82) is 0 Å². The molecular weight excluding hydrogens is 347 g/mol. The van der Waals surface area contributed by atoms with Crippen molar-refractivity contribution in [3.8, 4) is 11.3 Å². The molecule has 0 radical (unpaired) electrons. The Labute approximate surface area is 148 Å². The smallest absolute Gasteiger partial charge is 0.274 e. The fourth-order valence-electron chi connectivity index (χ4n) is 3.00. The number of aromatic nitrogens is 3. The molecule has 1 amide bonds. The van der Waals surface area contributed by atoms with E-state index in [4.69, 9.17) is 23.2 Å². The lowest BCUT2D eigenvalue weighted by Gasteiger charge is -2.12. The lowest BCUT2D eigenvalue weighted by atomic mass is 10.1. The molecular formula is C17H14Cl2N4O. The third-order valence-corrected chi connectivity index (χ3v) is 4.57. The van der Waals surface area contributed by atoms with Gasteiger partial charge in [-0.1, -0.05) is 23.2 Å². The molecule has 0 spiro atoms. The number of hydrogen-bond acceptors (Lipinski definition) is 3. The molecule has 1 aromatic carbocycles. The number of amides is 1. The number of halogens is 2. The van der Waals surface area contributed by atoms with E-state index in [1.165, 1.54) is 0 Å². The van der Waals surface area contributed by atoms with Gasteiger partial charge in [-0.15, -0.1) is 0 Å². The zero-order valence-electron chi connectivity index (χ0n) is 12.7. The molecule has 24 heavy (non-hydrogen) atoms. The van der Waals surface area contributed by atoms with Gasteiger partial charge in [0.1, 0.15) is 0 Å². The van der Waals surface area contributed by atoms with Gasteiger partial charge in [-0.3, -0.25) is 4.79 Å². The highest BCUT2D eigenvalue weighted by atomic mass is 35.5. The molecule has 7 heteroatoms. The highest BCUT2D eigenvalue weighted by Gasteiger charge is 2.22. The first-order valence-electron chi connectivity index (χ1n) is 7.72. The molecule has 3 heterocycles. The van der Waals surface area contributed by atoms with Gasteiger partial charge >= 0.3 is 0 Å². The van der Waals surface area contributed by atoms with Gasteiger partial charge in [0.2, 0.25) is 0 Å². The summed E-state index contributed by atoms with van der Waals surface area (Å²) in [6.07, 6.45) is 3.78. The van der Waals surface area contributed by atoms with Crippen LogP contribution in [0, 0.1) is 0 Å². The predicted octanol–water partition coefficient (Wildman–Crippen LogP) is 3.94. The summed E-state index contributed by atoms with van der Waals surface area (Å²) in [5, 5.41) is 5.56. The van der Waals surface area contributed by atoms with E-state index in [0.717, 1.165) is 37.2 Å². The number of benzene rings is 1. The minimum atomic E-state index is -0.0481. The Morgan fingerprint density at radius 2 is 1.75 bits per heavy atom. The Morgan fingerprint density at radius 1 is 1.04 bits per heavy atom. The van der Waals surface area contributed by atoms with E-state index in [1.54, 1.807) is 22.8 Å². The number of carbonyl (C=O) groups is 1. The number of carbonyl (C=O) groups excluding carboxylic acids is 1. The highest BCUT2D eigenvalue weighted by molar-refractivity contribution is 6.35. The number of rotatable bonds is 2. The molecule has 0 bridgehead atoms. The summed E-state index contributed by atoms with van der Waals surface area (Å²) in [4.78, 5) is 18.7. The molecule has 1 fully saturated rings. The van der Waals surface area contributed by atoms with Gasteiger partial charge in [-0.2, -0.15) is 5.10 Å². The molecule has 4 rings (SSSR count). The first kappa shape index (κ1) is 15.4. The largest absolute Gasteiger partial charge is 0.337 e. The van der Waals surface area contributed by atoms with Crippen molar-refractivity contribution in [2.24, 2.45) is 0 Å². The molecule has 5 nitrogen and oxygen atoms in total. The van der Waals surface area contributed by atoms with Gasteiger partial charge in [0, 0.05) is 41.0 Å². The molecule has 0 N–H and O–H groups in total. The minimum absolute atomic E-state index is 0.0481. The van der Waals surface area contributed by atoms with Crippen LogP contribution in [0.25, 0.3) is 16.9 Å². The van der Waals surface area contributed by atoms with Crippen molar-refractivity contribution in [2.45, 2.75) is 12.8 Å². The van der Waals surface area contributed by atoms with Crippen molar-refractivity contribution < 1.29 is 4.79 Å². The maximum atomic E-state index is 12.6. The standard InChI is InChI=1S/C17H14Cl2N4O/c18-12-7-11(8-13(19)9-12)15-3-4-20-16-10-14(21-23(15)16)17(24)22-5-1-2-6-22/h3-4,7-10H,1-2,5-6H2. The van der Waals surface area contributed by atoms with Crippen LogP contribution in [0.1, 0.15) is 23.3 Å². The first-order valence-corrected chi connectivity index (χ1v) is 8.48. The van der Waals surface area contributed by atoms with Crippen LogP contribution >= 0.6 is 23.2 Å². The van der Waals surface area contributed by atoms with Crippen LogP contribution < -0.4 is 0 Å². The second-order valence-electron chi connectivity index (χ2n) is 5.79. The summed E-state index contributed by atoms with van der Waals surface area (Å²) in [5.74, 6) is -0.0481. The van der Waals surface area contributed by atoms with Crippen LogP contribution in [0.2, 0.25) is 10.0 Å². The molecule has 0 aliphatic carbocycles. The van der Waals surface area contributed by atoms with E-state index in [-0.39, 0.29) is 5.91 Å². The summed E-state index contributed by atoms with van der Waals surface area (Å²) in [7, 11) is 0. The van der Waals surface area contributed by atoms with E-state index >= 15 is 0 Å². The van der Waals surface area contributed by atoms with Gasteiger partial charge in [0.15, 0.2) is 11.3 Å². The maximum absolute atomic E-state index is 12.6. The Balaban J connectivity index is 1.81. The summed E-state index contributed by atoms with van der Waals surface area (Å²) >= 11 is 12.2. The van der Waals surface area contributed by atoms with Gasteiger partial charge in [-0.05, 0) is 37.1 Å². The average Bonchev–Trinajstić information content (AvgIpc) is 3.22. The van der Waals surface area contributed by atoms with Crippen LogP contribution in [0.15, 0.2) is 36.5 Å². The van der Waals surface area contributed by atoms with Gasteiger partial charge < -0.3 is 4.90 Å². The van der Waals surface area contributed by atoms with Crippen molar-refractivity contribution in [3.05, 3.63) is 52.3 Å². The zero-order valence-corrected chi connectivity index (χ0v) is 14.3.